The fourth-order valence-corrected chi connectivity index (χ4v) is 3.59. The molecule has 2 aromatic carbocycles. The van der Waals surface area contributed by atoms with E-state index in [-0.39, 0.29) is 0 Å². The number of aromatic nitrogens is 1. The summed E-state index contributed by atoms with van der Waals surface area (Å²) in [6.07, 6.45) is 3.07. The normalized spacial score (nSPS) is 17.4. The van der Waals surface area contributed by atoms with Crippen LogP contribution in [0.4, 0.5) is 17.1 Å². The number of hydrogen-bond donors (Lipinski definition) is 1. The van der Waals surface area contributed by atoms with Gasteiger partial charge < -0.3 is 15.1 Å². The highest BCUT2D eigenvalue weighted by atomic mass is 15.2. The summed E-state index contributed by atoms with van der Waals surface area (Å²) in [6, 6.07) is 19.5. The number of anilines is 3. The lowest BCUT2D eigenvalue weighted by Crippen LogP contribution is -2.31. The summed E-state index contributed by atoms with van der Waals surface area (Å²) >= 11 is 0. The average molecular weight is 332 g/mol. The number of nitrogens with one attached hydrogen (secondary N) is 1. The van der Waals surface area contributed by atoms with E-state index in [1.807, 2.05) is 18.3 Å². The first-order valence-corrected chi connectivity index (χ1v) is 8.83. The van der Waals surface area contributed by atoms with Crippen LogP contribution in [0.15, 0.2) is 60.8 Å². The molecule has 1 fully saturated rings. The van der Waals surface area contributed by atoms with Crippen molar-refractivity contribution in [3.8, 4) is 0 Å². The Bertz CT molecular complexity index is 869. The van der Waals surface area contributed by atoms with Gasteiger partial charge in [-0.25, -0.2) is 0 Å². The molecule has 0 amide bonds. The van der Waals surface area contributed by atoms with Crippen LogP contribution in [0, 0.1) is 0 Å². The van der Waals surface area contributed by atoms with E-state index in [2.05, 4.69) is 76.7 Å². The van der Waals surface area contributed by atoms with E-state index >= 15 is 0 Å². The van der Waals surface area contributed by atoms with E-state index in [9.17, 15) is 0 Å². The van der Waals surface area contributed by atoms with Gasteiger partial charge in [-0.05, 0) is 44.8 Å². The summed E-state index contributed by atoms with van der Waals surface area (Å²) in [5.74, 6) is 0. The molecule has 1 aromatic heterocycles. The van der Waals surface area contributed by atoms with Crippen LogP contribution in [0.2, 0.25) is 0 Å². The first-order chi connectivity index (χ1) is 12.2. The van der Waals surface area contributed by atoms with Crippen LogP contribution >= 0.6 is 0 Å². The zero-order chi connectivity index (χ0) is 17.2. The third kappa shape index (κ3) is 3.17. The van der Waals surface area contributed by atoms with Crippen molar-refractivity contribution in [1.29, 1.82) is 0 Å². The van der Waals surface area contributed by atoms with Crippen molar-refractivity contribution in [2.75, 3.05) is 37.4 Å². The summed E-state index contributed by atoms with van der Waals surface area (Å²) in [4.78, 5) is 9.27. The molecule has 128 valence electrons. The molecular formula is C21H24N4. The van der Waals surface area contributed by atoms with Crippen molar-refractivity contribution in [2.24, 2.45) is 0 Å². The van der Waals surface area contributed by atoms with Gasteiger partial charge in [0.15, 0.2) is 0 Å². The molecule has 0 saturated carbocycles. The first-order valence-electron chi connectivity index (χ1n) is 8.83. The van der Waals surface area contributed by atoms with Gasteiger partial charge in [-0.3, -0.25) is 4.98 Å². The van der Waals surface area contributed by atoms with Gasteiger partial charge in [0.1, 0.15) is 0 Å². The number of hydrogen-bond acceptors (Lipinski definition) is 4. The summed E-state index contributed by atoms with van der Waals surface area (Å²) in [6.45, 7) is 2.17. The van der Waals surface area contributed by atoms with Crippen LogP contribution in [-0.4, -0.2) is 43.1 Å². The molecule has 2 heterocycles. The second-order valence-electron chi connectivity index (χ2n) is 6.87. The van der Waals surface area contributed by atoms with Crippen molar-refractivity contribution >= 4 is 28.0 Å². The maximum absolute atomic E-state index is 4.46. The number of para-hydroxylation sites is 3. The minimum Gasteiger partial charge on any atom is -0.368 e. The van der Waals surface area contributed by atoms with Crippen LogP contribution in [0.3, 0.4) is 0 Å². The molecule has 0 aliphatic carbocycles. The zero-order valence-corrected chi connectivity index (χ0v) is 14.8. The van der Waals surface area contributed by atoms with Crippen LogP contribution in [-0.2, 0) is 0 Å². The molecule has 1 atom stereocenters. The van der Waals surface area contributed by atoms with Crippen molar-refractivity contribution in [3.05, 3.63) is 60.8 Å². The van der Waals surface area contributed by atoms with Crippen LogP contribution in [0.5, 0.6) is 0 Å². The molecule has 0 radical (unpaired) electrons. The SMILES string of the molecule is CN(C)C1CCN(c2ccccc2Nc2ccnc3ccccc23)C1. The van der Waals surface area contributed by atoms with Gasteiger partial charge >= 0.3 is 0 Å². The van der Waals surface area contributed by atoms with Crippen LogP contribution < -0.4 is 10.2 Å². The number of fused-ring (bicyclic) bond motifs is 1. The third-order valence-electron chi connectivity index (χ3n) is 5.06. The molecule has 4 heteroatoms. The largest absolute Gasteiger partial charge is 0.368 e. The third-order valence-corrected chi connectivity index (χ3v) is 5.06. The molecule has 0 bridgehead atoms. The molecular weight excluding hydrogens is 308 g/mol. The molecule has 1 saturated heterocycles. The highest BCUT2D eigenvalue weighted by molar-refractivity contribution is 5.94. The van der Waals surface area contributed by atoms with E-state index in [0.29, 0.717) is 6.04 Å². The Morgan fingerprint density at radius 3 is 2.64 bits per heavy atom. The van der Waals surface area contributed by atoms with Gasteiger partial charge in [-0.15, -0.1) is 0 Å². The molecule has 1 unspecified atom stereocenters. The predicted octanol–water partition coefficient (Wildman–Crippen LogP) is 4.12. The second-order valence-corrected chi connectivity index (χ2v) is 6.87. The molecule has 4 rings (SSSR count). The van der Waals surface area contributed by atoms with E-state index in [1.165, 1.54) is 12.1 Å². The lowest BCUT2D eigenvalue weighted by molar-refractivity contribution is 0.315. The minimum absolute atomic E-state index is 0.620. The van der Waals surface area contributed by atoms with Crippen molar-refractivity contribution < 1.29 is 0 Å². The second kappa shape index (κ2) is 6.73. The van der Waals surface area contributed by atoms with Gasteiger partial charge in [0.2, 0.25) is 0 Å². The summed E-state index contributed by atoms with van der Waals surface area (Å²) in [5, 5.41) is 4.79. The van der Waals surface area contributed by atoms with E-state index in [1.54, 1.807) is 0 Å². The van der Waals surface area contributed by atoms with E-state index in [4.69, 9.17) is 0 Å². The molecule has 3 aromatic rings. The molecule has 1 aliphatic heterocycles. The first kappa shape index (κ1) is 15.9. The maximum Gasteiger partial charge on any atom is 0.0722 e. The van der Waals surface area contributed by atoms with Gasteiger partial charge in [-0.1, -0.05) is 30.3 Å². The lowest BCUT2D eigenvalue weighted by atomic mass is 10.1. The zero-order valence-electron chi connectivity index (χ0n) is 14.8. The van der Waals surface area contributed by atoms with Crippen LogP contribution in [0.25, 0.3) is 10.9 Å². The van der Waals surface area contributed by atoms with Crippen LogP contribution in [0.1, 0.15) is 6.42 Å². The molecule has 1 aliphatic rings. The maximum atomic E-state index is 4.46. The Morgan fingerprint density at radius 2 is 1.80 bits per heavy atom. The van der Waals surface area contributed by atoms with E-state index in [0.717, 1.165) is 35.4 Å². The van der Waals surface area contributed by atoms with Crippen molar-refractivity contribution in [3.63, 3.8) is 0 Å². The highest BCUT2D eigenvalue weighted by Crippen LogP contribution is 2.33. The highest BCUT2D eigenvalue weighted by Gasteiger charge is 2.25. The van der Waals surface area contributed by atoms with Gasteiger partial charge in [-0.2, -0.15) is 0 Å². The smallest absolute Gasteiger partial charge is 0.0722 e. The summed E-state index contributed by atoms with van der Waals surface area (Å²) < 4.78 is 0. The predicted molar refractivity (Wildman–Crippen MR) is 106 cm³/mol. The number of likely N-dealkylation sites (N-methyl/N-ethyl adjacent to an activating group) is 1. The molecule has 4 nitrogen and oxygen atoms in total. The Hall–Kier alpha value is -2.59. The lowest BCUT2D eigenvalue weighted by Gasteiger charge is -2.24. The number of benzene rings is 2. The van der Waals surface area contributed by atoms with Gasteiger partial charge in [0.05, 0.1) is 16.9 Å². The van der Waals surface area contributed by atoms with Gasteiger partial charge in [0, 0.05) is 36.4 Å². The number of pyridine rings is 1. The Morgan fingerprint density at radius 1 is 1.00 bits per heavy atom. The number of nitrogens with zero attached hydrogens (tertiary/aromatic N) is 3. The molecule has 1 N–H and O–H groups in total. The Kier molecular flexibility index (Phi) is 4.28. The fraction of sp³-hybridized carbons (Fsp3) is 0.286. The summed E-state index contributed by atoms with van der Waals surface area (Å²) in [5.41, 5.74) is 4.53. The molecule has 0 spiro atoms. The topological polar surface area (TPSA) is 31.4 Å². The fourth-order valence-electron chi connectivity index (χ4n) is 3.59. The Balaban J connectivity index is 1.66. The summed E-state index contributed by atoms with van der Waals surface area (Å²) in [7, 11) is 4.34. The monoisotopic (exact) mass is 332 g/mol. The molecule has 25 heavy (non-hydrogen) atoms. The van der Waals surface area contributed by atoms with Gasteiger partial charge in [0.25, 0.3) is 0 Å². The standard InChI is InChI=1S/C21H24N4/c1-24(2)16-12-14-25(15-16)21-10-6-5-9-20(21)23-19-11-13-22-18-8-4-3-7-17(18)19/h3-11,13,16H,12,14-15H2,1-2H3,(H,22,23). The Labute approximate surface area is 149 Å². The minimum atomic E-state index is 0.620. The average Bonchev–Trinajstić information content (AvgIpc) is 3.13. The number of rotatable bonds is 4. The van der Waals surface area contributed by atoms with E-state index < -0.39 is 0 Å². The quantitative estimate of drug-likeness (QED) is 0.779. The van der Waals surface area contributed by atoms with Crippen molar-refractivity contribution in [2.45, 2.75) is 12.5 Å². The van der Waals surface area contributed by atoms with Crippen molar-refractivity contribution in [1.82, 2.24) is 9.88 Å².